The Morgan fingerprint density at radius 1 is 1.29 bits per heavy atom. The molecule has 2 bridgehead atoms. The highest BCUT2D eigenvalue weighted by atomic mass is 19.1. The van der Waals surface area contributed by atoms with E-state index in [1.54, 1.807) is 12.4 Å². The van der Waals surface area contributed by atoms with Crippen LogP contribution in [0.25, 0.3) is 0 Å². The number of nitrogens with zero attached hydrogens (tertiary/aromatic N) is 2. The van der Waals surface area contributed by atoms with E-state index in [1.165, 1.54) is 25.3 Å². The summed E-state index contributed by atoms with van der Waals surface area (Å²) in [6.07, 6.45) is 9.64. The van der Waals surface area contributed by atoms with Gasteiger partial charge < -0.3 is 9.67 Å². The van der Waals surface area contributed by atoms with Crippen molar-refractivity contribution in [3.63, 3.8) is 0 Å². The molecule has 0 radical (unpaired) electrons. The molecule has 2 saturated carbocycles. The van der Waals surface area contributed by atoms with E-state index in [2.05, 4.69) is 9.55 Å². The van der Waals surface area contributed by atoms with Crippen LogP contribution < -0.4 is 0 Å². The first-order valence-corrected chi connectivity index (χ1v) is 9.16. The van der Waals surface area contributed by atoms with Crippen molar-refractivity contribution < 1.29 is 9.50 Å². The minimum atomic E-state index is -0.355. The number of halogens is 1. The van der Waals surface area contributed by atoms with Crippen LogP contribution in [0.2, 0.25) is 0 Å². The largest absolute Gasteiger partial charge is 0.393 e. The van der Waals surface area contributed by atoms with Crippen LogP contribution >= 0.6 is 0 Å². The number of hydrogen-bond acceptors (Lipinski definition) is 2. The molecular weight excluding hydrogens is 303 g/mol. The Balaban J connectivity index is 1.48. The molecule has 24 heavy (non-hydrogen) atoms. The van der Waals surface area contributed by atoms with Crippen LogP contribution in [0.1, 0.15) is 55.0 Å². The Hall–Kier alpha value is -1.68. The molecule has 3 nitrogen and oxygen atoms in total. The Morgan fingerprint density at radius 3 is 3.00 bits per heavy atom. The average molecular weight is 326 g/mol. The van der Waals surface area contributed by atoms with Crippen LogP contribution in [0.5, 0.6) is 0 Å². The van der Waals surface area contributed by atoms with Gasteiger partial charge in [0.15, 0.2) is 0 Å². The zero-order valence-corrected chi connectivity index (χ0v) is 13.7. The smallest absolute Gasteiger partial charge is 0.128 e. The molecule has 1 aromatic heterocycles. The molecule has 5 rings (SSSR count). The SMILES string of the molecule is OC(CC1c2c(F)cccc2Cc2cncn21)C1CC2CCC1C2. The topological polar surface area (TPSA) is 38.1 Å². The van der Waals surface area contributed by atoms with E-state index in [9.17, 15) is 9.50 Å². The molecule has 0 amide bonds. The van der Waals surface area contributed by atoms with Gasteiger partial charge in [0.1, 0.15) is 5.82 Å². The fourth-order valence-corrected chi connectivity index (χ4v) is 5.59. The normalized spacial score (nSPS) is 31.8. The van der Waals surface area contributed by atoms with Crippen molar-refractivity contribution in [3.05, 3.63) is 53.4 Å². The second-order valence-corrected chi connectivity index (χ2v) is 7.94. The van der Waals surface area contributed by atoms with E-state index >= 15 is 0 Å². The standard InChI is InChI=1S/C20H23FN2O/c21-17-3-1-2-14-8-15-10-22-11-23(15)18(20(14)17)9-19(24)16-7-12-4-5-13(16)6-12/h1-3,10-13,16,18-19,24H,4-9H2. The summed E-state index contributed by atoms with van der Waals surface area (Å²) in [5.41, 5.74) is 2.90. The van der Waals surface area contributed by atoms with Gasteiger partial charge >= 0.3 is 0 Å². The van der Waals surface area contributed by atoms with Gasteiger partial charge in [-0.1, -0.05) is 18.6 Å². The second-order valence-electron chi connectivity index (χ2n) is 7.94. The first-order valence-electron chi connectivity index (χ1n) is 9.16. The van der Waals surface area contributed by atoms with E-state index in [4.69, 9.17) is 0 Å². The molecule has 4 heteroatoms. The molecule has 2 aliphatic carbocycles. The van der Waals surface area contributed by atoms with Crippen LogP contribution in [0.15, 0.2) is 30.7 Å². The minimum absolute atomic E-state index is 0.137. The van der Waals surface area contributed by atoms with Gasteiger partial charge in [-0.25, -0.2) is 9.37 Å². The van der Waals surface area contributed by atoms with E-state index in [-0.39, 0.29) is 18.0 Å². The highest BCUT2D eigenvalue weighted by Gasteiger charge is 2.43. The third-order valence-corrected chi connectivity index (χ3v) is 6.68. The molecule has 2 aromatic rings. The maximum absolute atomic E-state index is 14.6. The summed E-state index contributed by atoms with van der Waals surface area (Å²) in [5.74, 6) is 1.73. The van der Waals surface area contributed by atoms with Crippen molar-refractivity contribution >= 4 is 0 Å². The van der Waals surface area contributed by atoms with Crippen LogP contribution in [-0.4, -0.2) is 20.8 Å². The van der Waals surface area contributed by atoms with Crippen molar-refractivity contribution in [1.29, 1.82) is 0 Å². The van der Waals surface area contributed by atoms with Crippen LogP contribution in [0.4, 0.5) is 4.39 Å². The minimum Gasteiger partial charge on any atom is -0.393 e. The molecule has 1 N–H and O–H groups in total. The third kappa shape index (κ3) is 2.16. The summed E-state index contributed by atoms with van der Waals surface area (Å²) in [6.45, 7) is 0. The summed E-state index contributed by atoms with van der Waals surface area (Å²) >= 11 is 0. The maximum atomic E-state index is 14.6. The third-order valence-electron chi connectivity index (χ3n) is 6.68. The molecule has 126 valence electrons. The number of imidazole rings is 1. The highest BCUT2D eigenvalue weighted by molar-refractivity contribution is 5.38. The quantitative estimate of drug-likeness (QED) is 0.934. The summed E-state index contributed by atoms with van der Waals surface area (Å²) < 4.78 is 16.7. The number of rotatable bonds is 3. The zero-order chi connectivity index (χ0) is 16.3. The number of fused-ring (bicyclic) bond motifs is 4. The van der Waals surface area contributed by atoms with Gasteiger partial charge in [0.05, 0.1) is 18.5 Å². The molecule has 3 aliphatic rings. The van der Waals surface area contributed by atoms with Gasteiger partial charge in [-0.2, -0.15) is 0 Å². The van der Waals surface area contributed by atoms with Crippen molar-refractivity contribution in [2.45, 2.75) is 50.7 Å². The fourth-order valence-electron chi connectivity index (χ4n) is 5.59. The Bertz CT molecular complexity index is 771. The molecule has 2 fully saturated rings. The van der Waals surface area contributed by atoms with Gasteiger partial charge in [0.2, 0.25) is 0 Å². The lowest BCUT2D eigenvalue weighted by Crippen LogP contribution is -2.31. The van der Waals surface area contributed by atoms with E-state index in [1.807, 2.05) is 12.3 Å². The molecule has 1 aliphatic heterocycles. The number of benzene rings is 1. The lowest BCUT2D eigenvalue weighted by molar-refractivity contribution is 0.0577. The predicted octanol–water partition coefficient (Wildman–Crippen LogP) is 3.70. The number of aliphatic hydroxyl groups is 1. The second kappa shape index (κ2) is 5.41. The molecule has 5 atom stereocenters. The van der Waals surface area contributed by atoms with Gasteiger partial charge in [-0.3, -0.25) is 0 Å². The first kappa shape index (κ1) is 14.6. The summed E-state index contributed by atoms with van der Waals surface area (Å²) in [5, 5.41) is 10.9. The summed E-state index contributed by atoms with van der Waals surface area (Å²) in [6, 6.07) is 5.19. The van der Waals surface area contributed by atoms with Crippen LogP contribution in [-0.2, 0) is 6.42 Å². The lowest BCUT2D eigenvalue weighted by Gasteiger charge is -2.34. The van der Waals surface area contributed by atoms with Gasteiger partial charge in [0, 0.05) is 23.9 Å². The van der Waals surface area contributed by atoms with Gasteiger partial charge in [-0.05, 0) is 55.1 Å². The lowest BCUT2D eigenvalue weighted by atomic mass is 9.80. The highest BCUT2D eigenvalue weighted by Crippen LogP contribution is 2.51. The summed E-state index contributed by atoms with van der Waals surface area (Å²) in [7, 11) is 0. The van der Waals surface area contributed by atoms with Crippen molar-refractivity contribution in [2.75, 3.05) is 0 Å². The van der Waals surface area contributed by atoms with Gasteiger partial charge in [-0.15, -0.1) is 0 Å². The maximum Gasteiger partial charge on any atom is 0.128 e. The van der Waals surface area contributed by atoms with E-state index in [0.717, 1.165) is 29.2 Å². The Kier molecular flexibility index (Phi) is 3.30. The van der Waals surface area contributed by atoms with Crippen molar-refractivity contribution in [1.82, 2.24) is 9.55 Å². The average Bonchev–Trinajstić information content (AvgIpc) is 3.30. The predicted molar refractivity (Wildman–Crippen MR) is 89.1 cm³/mol. The molecule has 1 aromatic carbocycles. The van der Waals surface area contributed by atoms with E-state index in [0.29, 0.717) is 24.7 Å². The van der Waals surface area contributed by atoms with Gasteiger partial charge in [0.25, 0.3) is 0 Å². The first-order chi connectivity index (χ1) is 11.7. The molecule has 2 heterocycles. The number of aliphatic hydroxyl groups excluding tert-OH is 1. The molecule has 5 unspecified atom stereocenters. The van der Waals surface area contributed by atoms with Crippen LogP contribution in [0.3, 0.4) is 0 Å². The number of hydrogen-bond donors (Lipinski definition) is 1. The summed E-state index contributed by atoms with van der Waals surface area (Å²) in [4.78, 5) is 4.27. The van der Waals surface area contributed by atoms with E-state index < -0.39 is 0 Å². The molecule has 0 spiro atoms. The van der Waals surface area contributed by atoms with Crippen molar-refractivity contribution in [3.8, 4) is 0 Å². The monoisotopic (exact) mass is 326 g/mol. The van der Waals surface area contributed by atoms with Crippen LogP contribution in [0, 0.1) is 23.6 Å². The Labute approximate surface area is 141 Å². The molecular formula is C20H23FN2O. The zero-order valence-electron chi connectivity index (χ0n) is 13.7. The number of aromatic nitrogens is 2. The molecule has 0 saturated heterocycles. The van der Waals surface area contributed by atoms with Crippen molar-refractivity contribution in [2.24, 2.45) is 17.8 Å². The Morgan fingerprint density at radius 2 is 2.21 bits per heavy atom. The fraction of sp³-hybridized carbons (Fsp3) is 0.550.